The van der Waals surface area contributed by atoms with E-state index in [1.165, 1.54) is 16.8 Å². The maximum Gasteiger partial charge on any atom is 0.123 e. The molecule has 23 heavy (non-hydrogen) atoms. The molecule has 0 amide bonds. The average molecular weight is 352 g/mol. The fourth-order valence-electron chi connectivity index (χ4n) is 3.06. The SMILES string of the molecule is Cc1ccc(-c2nc(CN3CCC(N)C(C)(C)C3)cs2)cc1.Cl. The number of benzene rings is 1. The van der Waals surface area contributed by atoms with Crippen LogP contribution >= 0.6 is 23.7 Å². The molecule has 2 aromatic rings. The second kappa shape index (κ2) is 7.31. The summed E-state index contributed by atoms with van der Waals surface area (Å²) in [6, 6.07) is 8.90. The van der Waals surface area contributed by atoms with Crippen LogP contribution in [0.25, 0.3) is 10.6 Å². The molecule has 0 aliphatic carbocycles. The van der Waals surface area contributed by atoms with Gasteiger partial charge in [0.1, 0.15) is 5.01 Å². The summed E-state index contributed by atoms with van der Waals surface area (Å²) >= 11 is 1.74. The first-order chi connectivity index (χ1) is 10.4. The Balaban J connectivity index is 0.00000192. The number of aryl methyl sites for hydroxylation is 1. The lowest BCUT2D eigenvalue weighted by molar-refractivity contribution is 0.0891. The molecule has 0 bridgehead atoms. The second-order valence-electron chi connectivity index (χ2n) is 7.10. The predicted molar refractivity (Wildman–Crippen MR) is 101 cm³/mol. The van der Waals surface area contributed by atoms with Crippen molar-refractivity contribution in [3.05, 3.63) is 40.9 Å². The standard InChI is InChI=1S/C18H25N3S.ClH/c1-13-4-6-14(7-5-13)17-20-15(11-22-17)10-21-9-8-16(19)18(2,3)12-21;/h4-7,11,16H,8-10,12,19H2,1-3H3;1H. The van der Waals surface area contributed by atoms with Gasteiger partial charge in [-0.15, -0.1) is 23.7 Å². The van der Waals surface area contributed by atoms with Crippen molar-refractivity contribution in [3.63, 3.8) is 0 Å². The zero-order chi connectivity index (χ0) is 15.7. The number of nitrogens with zero attached hydrogens (tertiary/aromatic N) is 2. The van der Waals surface area contributed by atoms with Crippen LogP contribution in [0.5, 0.6) is 0 Å². The van der Waals surface area contributed by atoms with E-state index in [1.807, 2.05) is 0 Å². The van der Waals surface area contributed by atoms with Gasteiger partial charge >= 0.3 is 0 Å². The number of halogens is 1. The van der Waals surface area contributed by atoms with Gasteiger partial charge in [-0.2, -0.15) is 0 Å². The van der Waals surface area contributed by atoms with Crippen LogP contribution in [0.4, 0.5) is 0 Å². The van der Waals surface area contributed by atoms with Crippen molar-refractivity contribution in [2.45, 2.75) is 39.8 Å². The van der Waals surface area contributed by atoms with Crippen LogP contribution in [0, 0.1) is 12.3 Å². The topological polar surface area (TPSA) is 42.2 Å². The molecule has 1 saturated heterocycles. The smallest absolute Gasteiger partial charge is 0.123 e. The van der Waals surface area contributed by atoms with Gasteiger partial charge in [0.05, 0.1) is 5.69 Å². The number of hydrogen-bond acceptors (Lipinski definition) is 4. The molecule has 0 saturated carbocycles. The van der Waals surface area contributed by atoms with Crippen LogP contribution in [-0.4, -0.2) is 29.0 Å². The van der Waals surface area contributed by atoms with Gasteiger partial charge in [-0.1, -0.05) is 43.7 Å². The predicted octanol–water partition coefficient (Wildman–Crippen LogP) is 4.10. The number of likely N-dealkylation sites (tertiary alicyclic amines) is 1. The van der Waals surface area contributed by atoms with E-state index in [1.54, 1.807) is 11.3 Å². The molecule has 0 radical (unpaired) electrons. The molecule has 2 heterocycles. The van der Waals surface area contributed by atoms with Crippen molar-refractivity contribution < 1.29 is 0 Å². The van der Waals surface area contributed by atoms with Gasteiger partial charge < -0.3 is 5.73 Å². The number of rotatable bonds is 3. The Morgan fingerprint density at radius 2 is 2.00 bits per heavy atom. The highest BCUT2D eigenvalue weighted by molar-refractivity contribution is 7.13. The molecule has 1 atom stereocenters. The van der Waals surface area contributed by atoms with Gasteiger partial charge in [0.2, 0.25) is 0 Å². The van der Waals surface area contributed by atoms with Crippen molar-refractivity contribution in [2.24, 2.45) is 11.1 Å². The van der Waals surface area contributed by atoms with E-state index in [9.17, 15) is 0 Å². The highest BCUT2D eigenvalue weighted by Crippen LogP contribution is 2.30. The van der Waals surface area contributed by atoms with E-state index >= 15 is 0 Å². The molecule has 126 valence electrons. The molecule has 1 aliphatic heterocycles. The van der Waals surface area contributed by atoms with Crippen LogP contribution in [-0.2, 0) is 6.54 Å². The molecule has 1 aromatic carbocycles. The number of piperidine rings is 1. The Morgan fingerprint density at radius 3 is 2.65 bits per heavy atom. The van der Waals surface area contributed by atoms with E-state index in [0.717, 1.165) is 31.1 Å². The number of hydrogen-bond donors (Lipinski definition) is 1. The Morgan fingerprint density at radius 1 is 1.30 bits per heavy atom. The van der Waals surface area contributed by atoms with Crippen molar-refractivity contribution in [1.29, 1.82) is 0 Å². The van der Waals surface area contributed by atoms with E-state index in [2.05, 4.69) is 55.3 Å². The van der Waals surface area contributed by atoms with Crippen molar-refractivity contribution in [1.82, 2.24) is 9.88 Å². The minimum absolute atomic E-state index is 0. The molecule has 1 aromatic heterocycles. The van der Waals surface area contributed by atoms with Crippen LogP contribution in [0.1, 0.15) is 31.5 Å². The maximum absolute atomic E-state index is 6.22. The Labute approximate surface area is 149 Å². The van der Waals surface area contributed by atoms with Crippen molar-refractivity contribution >= 4 is 23.7 Å². The summed E-state index contributed by atoms with van der Waals surface area (Å²) < 4.78 is 0. The molecular formula is C18H26ClN3S. The average Bonchev–Trinajstić information content (AvgIpc) is 2.92. The Bertz CT molecular complexity index is 636. The molecule has 0 spiro atoms. The molecule has 5 heteroatoms. The zero-order valence-electron chi connectivity index (χ0n) is 14.1. The molecular weight excluding hydrogens is 326 g/mol. The lowest BCUT2D eigenvalue weighted by Gasteiger charge is -2.42. The minimum Gasteiger partial charge on any atom is -0.327 e. The second-order valence-corrected chi connectivity index (χ2v) is 7.96. The van der Waals surface area contributed by atoms with Gasteiger partial charge in [-0.3, -0.25) is 4.90 Å². The van der Waals surface area contributed by atoms with Crippen LogP contribution < -0.4 is 5.73 Å². The van der Waals surface area contributed by atoms with Crippen LogP contribution in [0.3, 0.4) is 0 Å². The monoisotopic (exact) mass is 351 g/mol. The van der Waals surface area contributed by atoms with Crippen LogP contribution in [0.15, 0.2) is 29.6 Å². The summed E-state index contributed by atoms with van der Waals surface area (Å²) in [7, 11) is 0. The van der Waals surface area contributed by atoms with Crippen molar-refractivity contribution in [3.8, 4) is 10.6 Å². The fraction of sp³-hybridized carbons (Fsp3) is 0.500. The largest absolute Gasteiger partial charge is 0.327 e. The van der Waals surface area contributed by atoms with Crippen LogP contribution in [0.2, 0.25) is 0 Å². The van der Waals surface area contributed by atoms with Gasteiger partial charge in [0.25, 0.3) is 0 Å². The summed E-state index contributed by atoms with van der Waals surface area (Å²) in [5, 5.41) is 3.31. The molecule has 3 rings (SSSR count). The highest BCUT2D eigenvalue weighted by Gasteiger charge is 2.33. The first-order valence-corrected chi connectivity index (χ1v) is 8.81. The zero-order valence-corrected chi connectivity index (χ0v) is 15.7. The number of nitrogens with two attached hydrogens (primary N) is 1. The van der Waals surface area contributed by atoms with E-state index in [0.29, 0.717) is 6.04 Å². The Kier molecular flexibility index (Phi) is 5.84. The quantitative estimate of drug-likeness (QED) is 0.905. The molecule has 3 nitrogen and oxygen atoms in total. The summed E-state index contributed by atoms with van der Waals surface area (Å²) in [6.07, 6.45) is 1.07. The maximum atomic E-state index is 6.22. The first-order valence-electron chi connectivity index (χ1n) is 7.93. The molecule has 1 aliphatic rings. The third-order valence-corrected chi connectivity index (χ3v) is 5.57. The summed E-state index contributed by atoms with van der Waals surface area (Å²) in [4.78, 5) is 7.30. The Hall–Kier alpha value is -0.940. The summed E-state index contributed by atoms with van der Waals surface area (Å²) in [5.74, 6) is 0. The van der Waals surface area contributed by atoms with Gasteiger partial charge in [-0.25, -0.2) is 4.98 Å². The first kappa shape index (κ1) is 18.4. The normalized spacial score (nSPS) is 21.0. The number of thiazole rings is 1. The van der Waals surface area contributed by atoms with Gasteiger partial charge in [-0.05, 0) is 18.8 Å². The molecule has 2 N–H and O–H groups in total. The summed E-state index contributed by atoms with van der Waals surface area (Å²) in [5.41, 5.74) is 10.1. The molecule has 1 unspecified atom stereocenters. The number of aromatic nitrogens is 1. The van der Waals surface area contributed by atoms with E-state index in [-0.39, 0.29) is 17.8 Å². The van der Waals surface area contributed by atoms with Crippen molar-refractivity contribution in [2.75, 3.05) is 13.1 Å². The molecule has 1 fully saturated rings. The highest BCUT2D eigenvalue weighted by atomic mass is 35.5. The lowest BCUT2D eigenvalue weighted by Crippen LogP contribution is -2.52. The van der Waals surface area contributed by atoms with E-state index in [4.69, 9.17) is 10.7 Å². The summed E-state index contributed by atoms with van der Waals surface area (Å²) in [6.45, 7) is 9.69. The lowest BCUT2D eigenvalue weighted by atomic mass is 9.80. The third-order valence-electron chi connectivity index (χ3n) is 4.63. The third kappa shape index (κ3) is 4.32. The fourth-order valence-corrected chi connectivity index (χ4v) is 3.87. The van der Waals surface area contributed by atoms with Gasteiger partial charge in [0, 0.05) is 36.6 Å². The van der Waals surface area contributed by atoms with Gasteiger partial charge in [0.15, 0.2) is 0 Å². The minimum atomic E-state index is 0. The van der Waals surface area contributed by atoms with E-state index < -0.39 is 0 Å².